The smallest absolute Gasteiger partial charge is 0.245 e. The lowest BCUT2D eigenvalue weighted by atomic mass is 9.85. The number of hydrogen-bond acceptors (Lipinski definition) is 7. The normalized spacial score (nSPS) is 24.0. The maximum Gasteiger partial charge on any atom is 0.245 e. The van der Waals surface area contributed by atoms with Gasteiger partial charge in [-0.05, 0) is 22.4 Å². The molecule has 30 heavy (non-hydrogen) atoms. The summed E-state index contributed by atoms with van der Waals surface area (Å²) in [6.45, 7) is 1.44. The lowest BCUT2D eigenvalue weighted by Gasteiger charge is -2.47. The van der Waals surface area contributed by atoms with E-state index in [-0.39, 0.29) is 12.1 Å². The highest BCUT2D eigenvalue weighted by Crippen LogP contribution is 2.36. The zero-order chi connectivity index (χ0) is 21.0. The molecule has 0 spiro atoms. The Bertz CT molecular complexity index is 931. The van der Waals surface area contributed by atoms with Crippen molar-refractivity contribution in [2.75, 3.05) is 32.6 Å². The number of aromatic nitrogens is 4. The third-order valence-electron chi connectivity index (χ3n) is 5.74. The van der Waals surface area contributed by atoms with Crippen LogP contribution in [0.1, 0.15) is 23.6 Å². The van der Waals surface area contributed by atoms with Crippen LogP contribution in [0.4, 0.5) is 5.95 Å². The highest BCUT2D eigenvalue weighted by Gasteiger charge is 2.46. The van der Waals surface area contributed by atoms with Crippen LogP contribution in [0, 0.1) is 0 Å². The second-order valence-electron chi connectivity index (χ2n) is 7.81. The molecule has 0 saturated carbocycles. The van der Waals surface area contributed by atoms with Gasteiger partial charge in [-0.3, -0.25) is 5.32 Å². The number of ether oxygens (including phenoxy) is 1. The number of piperidine rings is 1. The van der Waals surface area contributed by atoms with Gasteiger partial charge in [0.05, 0.1) is 12.1 Å². The van der Waals surface area contributed by atoms with E-state index in [1.807, 2.05) is 47.9 Å². The van der Waals surface area contributed by atoms with E-state index in [1.165, 1.54) is 5.56 Å². The molecule has 1 aliphatic heterocycles. The van der Waals surface area contributed by atoms with Gasteiger partial charge < -0.3 is 15.0 Å². The van der Waals surface area contributed by atoms with E-state index >= 15 is 0 Å². The third kappa shape index (κ3) is 3.94. The maximum absolute atomic E-state index is 6.16. The van der Waals surface area contributed by atoms with E-state index in [4.69, 9.17) is 4.74 Å². The molecule has 2 N–H and O–H groups in total. The first-order valence-electron chi connectivity index (χ1n) is 10.2. The zero-order valence-electron chi connectivity index (χ0n) is 17.7. The van der Waals surface area contributed by atoms with Crippen molar-refractivity contribution in [1.29, 1.82) is 0 Å². The number of tetrazole rings is 1. The molecular formula is C22H29N7O. The first kappa shape index (κ1) is 20.5. The standard InChI is InChI=1S/C22H29N7O/c1-28(2)21-25-26-27-29(21)19-14-20(23-15-17-10-6-4-7-11-17)22(30-3,24-16-19)18-12-8-5-9-13-18/h4-13,19-20,23-24H,14-16H2,1-3H3/t19?,20-,22-/m0/s1. The molecule has 1 saturated heterocycles. The molecule has 2 aromatic carbocycles. The molecule has 3 atom stereocenters. The lowest BCUT2D eigenvalue weighted by molar-refractivity contribution is -0.0987. The minimum Gasteiger partial charge on any atom is -0.358 e. The quantitative estimate of drug-likeness (QED) is 0.619. The molecule has 8 nitrogen and oxygen atoms in total. The monoisotopic (exact) mass is 407 g/mol. The van der Waals surface area contributed by atoms with Gasteiger partial charge in [0.2, 0.25) is 5.95 Å². The predicted molar refractivity (Wildman–Crippen MR) is 116 cm³/mol. The second kappa shape index (κ2) is 8.91. The lowest BCUT2D eigenvalue weighted by Crippen LogP contribution is -2.63. The van der Waals surface area contributed by atoms with Crippen molar-refractivity contribution in [3.05, 3.63) is 71.8 Å². The topological polar surface area (TPSA) is 80.1 Å². The van der Waals surface area contributed by atoms with E-state index in [1.54, 1.807) is 7.11 Å². The van der Waals surface area contributed by atoms with Crippen molar-refractivity contribution in [3.63, 3.8) is 0 Å². The van der Waals surface area contributed by atoms with E-state index in [2.05, 4.69) is 62.6 Å². The Balaban J connectivity index is 1.64. The van der Waals surface area contributed by atoms with Crippen LogP contribution in [0.25, 0.3) is 0 Å². The minimum atomic E-state index is -0.640. The van der Waals surface area contributed by atoms with Crippen molar-refractivity contribution < 1.29 is 4.74 Å². The Labute approximate surface area is 177 Å². The highest BCUT2D eigenvalue weighted by molar-refractivity contribution is 5.28. The number of anilines is 1. The Kier molecular flexibility index (Phi) is 6.08. The third-order valence-corrected chi connectivity index (χ3v) is 5.74. The number of hydrogen-bond donors (Lipinski definition) is 2. The average molecular weight is 408 g/mol. The van der Waals surface area contributed by atoms with Crippen molar-refractivity contribution >= 4 is 5.95 Å². The van der Waals surface area contributed by atoms with E-state index < -0.39 is 5.72 Å². The summed E-state index contributed by atoms with van der Waals surface area (Å²) >= 11 is 0. The molecule has 0 amide bonds. The van der Waals surface area contributed by atoms with Crippen LogP contribution in [0.15, 0.2) is 60.7 Å². The summed E-state index contributed by atoms with van der Waals surface area (Å²) < 4.78 is 8.06. The number of nitrogens with zero attached hydrogens (tertiary/aromatic N) is 5. The molecular weight excluding hydrogens is 378 g/mol. The van der Waals surface area contributed by atoms with Crippen LogP contribution in [0.5, 0.6) is 0 Å². The van der Waals surface area contributed by atoms with E-state index in [9.17, 15) is 0 Å². The maximum atomic E-state index is 6.16. The molecule has 2 heterocycles. The molecule has 158 valence electrons. The molecule has 1 unspecified atom stereocenters. The SMILES string of the molecule is CO[C@]1(c2ccccc2)NCC(n2nnnc2N(C)C)C[C@@H]1NCc1ccccc1. The molecule has 8 heteroatoms. The molecule has 0 bridgehead atoms. The van der Waals surface area contributed by atoms with Crippen LogP contribution in [0.2, 0.25) is 0 Å². The van der Waals surface area contributed by atoms with Gasteiger partial charge in [0, 0.05) is 39.9 Å². The van der Waals surface area contributed by atoms with Crippen LogP contribution >= 0.6 is 0 Å². The van der Waals surface area contributed by atoms with Crippen LogP contribution in [-0.2, 0) is 17.0 Å². The highest BCUT2D eigenvalue weighted by atomic mass is 16.5. The summed E-state index contributed by atoms with van der Waals surface area (Å²) in [5.41, 5.74) is 1.69. The van der Waals surface area contributed by atoms with Crippen molar-refractivity contribution in [2.24, 2.45) is 0 Å². The van der Waals surface area contributed by atoms with Gasteiger partial charge in [-0.25, -0.2) is 4.68 Å². The zero-order valence-corrected chi connectivity index (χ0v) is 17.7. The van der Waals surface area contributed by atoms with Gasteiger partial charge in [-0.2, -0.15) is 0 Å². The molecule has 0 aliphatic carbocycles. The number of benzene rings is 2. The van der Waals surface area contributed by atoms with Crippen LogP contribution in [0.3, 0.4) is 0 Å². The van der Waals surface area contributed by atoms with E-state index in [0.717, 1.165) is 24.5 Å². The van der Waals surface area contributed by atoms with Gasteiger partial charge in [-0.1, -0.05) is 65.8 Å². The van der Waals surface area contributed by atoms with Gasteiger partial charge in [0.15, 0.2) is 5.72 Å². The molecule has 3 aromatic rings. The molecule has 0 radical (unpaired) electrons. The number of rotatable bonds is 7. The minimum absolute atomic E-state index is 0.00284. The number of nitrogens with one attached hydrogen (secondary N) is 2. The van der Waals surface area contributed by atoms with Crippen LogP contribution < -0.4 is 15.5 Å². The van der Waals surface area contributed by atoms with Gasteiger partial charge in [-0.15, -0.1) is 0 Å². The van der Waals surface area contributed by atoms with Crippen molar-refractivity contribution in [2.45, 2.75) is 30.8 Å². The first-order valence-corrected chi connectivity index (χ1v) is 10.2. The molecule has 1 fully saturated rings. The first-order chi connectivity index (χ1) is 14.6. The van der Waals surface area contributed by atoms with Crippen LogP contribution in [-0.4, -0.2) is 54.0 Å². The Morgan fingerprint density at radius 2 is 1.83 bits per heavy atom. The van der Waals surface area contributed by atoms with Gasteiger partial charge in [0.1, 0.15) is 0 Å². The predicted octanol–water partition coefficient (Wildman–Crippen LogP) is 1.93. The summed E-state index contributed by atoms with van der Waals surface area (Å²) in [6, 6.07) is 20.8. The number of methoxy groups -OCH3 is 1. The summed E-state index contributed by atoms with van der Waals surface area (Å²) in [6.07, 6.45) is 0.814. The fraction of sp³-hybridized carbons (Fsp3) is 0.409. The fourth-order valence-corrected chi connectivity index (χ4v) is 4.21. The second-order valence-corrected chi connectivity index (χ2v) is 7.81. The molecule has 1 aromatic heterocycles. The van der Waals surface area contributed by atoms with Crippen molar-refractivity contribution in [3.8, 4) is 0 Å². The van der Waals surface area contributed by atoms with Gasteiger partial charge in [0.25, 0.3) is 0 Å². The van der Waals surface area contributed by atoms with E-state index in [0.29, 0.717) is 6.54 Å². The summed E-state index contributed by atoms with van der Waals surface area (Å²) in [4.78, 5) is 1.93. The average Bonchev–Trinajstić information content (AvgIpc) is 3.29. The summed E-state index contributed by atoms with van der Waals surface area (Å²) in [7, 11) is 5.67. The fourth-order valence-electron chi connectivity index (χ4n) is 4.21. The van der Waals surface area contributed by atoms with Crippen molar-refractivity contribution in [1.82, 2.24) is 30.8 Å². The largest absolute Gasteiger partial charge is 0.358 e. The van der Waals surface area contributed by atoms with Gasteiger partial charge >= 0.3 is 0 Å². The summed E-state index contributed by atoms with van der Waals surface area (Å²) in [5, 5.41) is 19.7. The summed E-state index contributed by atoms with van der Waals surface area (Å²) in [5.74, 6) is 0.744. The Hall–Kier alpha value is -2.81. The Morgan fingerprint density at radius 1 is 1.13 bits per heavy atom. The Morgan fingerprint density at radius 3 is 2.50 bits per heavy atom. The molecule has 1 aliphatic rings. The molecule has 4 rings (SSSR count).